The monoisotopic (exact) mass is 271 g/mol. The van der Waals surface area contributed by atoms with Gasteiger partial charge in [0.05, 0.1) is 5.56 Å². The minimum Gasteiger partial charge on any atom is -0.330 e. The first kappa shape index (κ1) is 14.1. The van der Waals surface area contributed by atoms with E-state index in [1.807, 2.05) is 0 Å². The zero-order chi connectivity index (χ0) is 14.1. The maximum atomic E-state index is 12.7. The summed E-state index contributed by atoms with van der Waals surface area (Å²) in [5, 5.41) is 0. The van der Waals surface area contributed by atoms with Crippen LogP contribution in [0.25, 0.3) is 0 Å². The van der Waals surface area contributed by atoms with Crippen molar-refractivity contribution in [1.82, 2.24) is 0 Å². The van der Waals surface area contributed by atoms with E-state index in [1.165, 1.54) is 12.1 Å². The van der Waals surface area contributed by atoms with Gasteiger partial charge in [-0.25, -0.2) is 0 Å². The number of hydrogen-bond donors (Lipinski definition) is 1. The van der Waals surface area contributed by atoms with Gasteiger partial charge in [0.15, 0.2) is 0 Å². The molecule has 0 saturated heterocycles. The SMILES string of the molecule is NCC1(c2cccc(C(F)(F)F)c2)CCC(=O)CC1. The molecule has 0 unspecified atom stereocenters. The average molecular weight is 271 g/mol. The molecular weight excluding hydrogens is 255 g/mol. The number of ketones is 1. The number of halogens is 3. The fourth-order valence-corrected chi connectivity index (χ4v) is 2.64. The first-order valence-electron chi connectivity index (χ1n) is 6.27. The molecule has 2 nitrogen and oxygen atoms in total. The van der Waals surface area contributed by atoms with Gasteiger partial charge in [-0.05, 0) is 24.5 Å². The predicted octanol–water partition coefficient (Wildman–Crippen LogP) is 3.05. The molecule has 2 rings (SSSR count). The summed E-state index contributed by atoms with van der Waals surface area (Å²) in [6.45, 7) is 0.265. The van der Waals surface area contributed by atoms with E-state index < -0.39 is 17.2 Å². The lowest BCUT2D eigenvalue weighted by Gasteiger charge is -2.36. The predicted molar refractivity (Wildman–Crippen MR) is 65.7 cm³/mol. The van der Waals surface area contributed by atoms with Crippen molar-refractivity contribution in [3.63, 3.8) is 0 Å². The van der Waals surface area contributed by atoms with E-state index >= 15 is 0 Å². The molecule has 0 atom stereocenters. The van der Waals surface area contributed by atoms with Crippen molar-refractivity contribution in [3.05, 3.63) is 35.4 Å². The quantitative estimate of drug-likeness (QED) is 0.898. The summed E-state index contributed by atoms with van der Waals surface area (Å²) in [5.74, 6) is 0.163. The van der Waals surface area contributed by atoms with Gasteiger partial charge in [0.2, 0.25) is 0 Å². The van der Waals surface area contributed by atoms with Crippen LogP contribution in [0, 0.1) is 0 Å². The molecule has 1 fully saturated rings. The minimum absolute atomic E-state index is 0.163. The smallest absolute Gasteiger partial charge is 0.330 e. The molecule has 1 aromatic carbocycles. The number of benzene rings is 1. The maximum absolute atomic E-state index is 12.7. The Kier molecular flexibility index (Phi) is 3.67. The van der Waals surface area contributed by atoms with Crippen molar-refractivity contribution >= 4 is 5.78 Å². The zero-order valence-electron chi connectivity index (χ0n) is 10.5. The van der Waals surface area contributed by atoms with Crippen LogP contribution in [0.1, 0.15) is 36.8 Å². The van der Waals surface area contributed by atoms with E-state index in [9.17, 15) is 18.0 Å². The van der Waals surface area contributed by atoms with Crippen molar-refractivity contribution in [2.45, 2.75) is 37.3 Å². The molecule has 0 aromatic heterocycles. The Hall–Kier alpha value is -1.36. The molecule has 1 aliphatic carbocycles. The van der Waals surface area contributed by atoms with Crippen molar-refractivity contribution in [1.29, 1.82) is 0 Å². The second-order valence-corrected chi connectivity index (χ2v) is 5.10. The van der Waals surface area contributed by atoms with E-state index in [0.717, 1.165) is 6.07 Å². The van der Waals surface area contributed by atoms with Crippen LogP contribution in [-0.4, -0.2) is 12.3 Å². The lowest BCUT2D eigenvalue weighted by atomic mass is 9.69. The summed E-state index contributed by atoms with van der Waals surface area (Å²) in [5.41, 5.74) is 5.23. The van der Waals surface area contributed by atoms with Crippen molar-refractivity contribution in [2.75, 3.05) is 6.54 Å². The molecule has 0 spiro atoms. The van der Waals surface area contributed by atoms with Crippen LogP contribution in [-0.2, 0) is 16.4 Å². The van der Waals surface area contributed by atoms with Gasteiger partial charge in [-0.2, -0.15) is 13.2 Å². The largest absolute Gasteiger partial charge is 0.416 e. The van der Waals surface area contributed by atoms with Crippen LogP contribution < -0.4 is 5.73 Å². The van der Waals surface area contributed by atoms with Gasteiger partial charge in [-0.3, -0.25) is 4.79 Å². The molecule has 19 heavy (non-hydrogen) atoms. The van der Waals surface area contributed by atoms with E-state index in [-0.39, 0.29) is 12.3 Å². The molecule has 0 amide bonds. The summed E-state index contributed by atoms with van der Waals surface area (Å²) >= 11 is 0. The Morgan fingerprint density at radius 2 is 1.84 bits per heavy atom. The van der Waals surface area contributed by atoms with Gasteiger partial charge in [0.1, 0.15) is 5.78 Å². The molecule has 0 heterocycles. The summed E-state index contributed by atoms with van der Waals surface area (Å²) < 4.78 is 38.2. The topological polar surface area (TPSA) is 43.1 Å². The van der Waals surface area contributed by atoms with Crippen LogP contribution in [0.2, 0.25) is 0 Å². The van der Waals surface area contributed by atoms with Crippen LogP contribution >= 0.6 is 0 Å². The summed E-state index contributed by atoms with van der Waals surface area (Å²) in [6.07, 6.45) is -2.50. The number of hydrogen-bond acceptors (Lipinski definition) is 2. The van der Waals surface area contributed by atoms with Gasteiger partial charge in [-0.1, -0.05) is 18.2 Å². The number of carbonyl (C=O) groups is 1. The lowest BCUT2D eigenvalue weighted by Crippen LogP contribution is -2.39. The van der Waals surface area contributed by atoms with Gasteiger partial charge in [0.25, 0.3) is 0 Å². The molecule has 1 saturated carbocycles. The minimum atomic E-state index is -4.35. The number of alkyl halides is 3. The molecule has 5 heteroatoms. The van der Waals surface area contributed by atoms with E-state index in [1.54, 1.807) is 6.07 Å². The normalized spacial score (nSPS) is 19.5. The Labute approximate surface area is 109 Å². The molecule has 0 bridgehead atoms. The Morgan fingerprint density at radius 1 is 1.21 bits per heavy atom. The number of Topliss-reactive ketones (excluding diaryl/α,β-unsaturated/α-hetero) is 1. The van der Waals surface area contributed by atoms with Crippen LogP contribution in [0.4, 0.5) is 13.2 Å². The fourth-order valence-electron chi connectivity index (χ4n) is 2.64. The number of carbonyl (C=O) groups excluding carboxylic acids is 1. The van der Waals surface area contributed by atoms with Gasteiger partial charge < -0.3 is 5.73 Å². The third-order valence-electron chi connectivity index (χ3n) is 3.96. The first-order chi connectivity index (χ1) is 8.87. The highest BCUT2D eigenvalue weighted by atomic mass is 19.4. The third kappa shape index (κ3) is 2.81. The van der Waals surface area contributed by atoms with Gasteiger partial charge in [-0.15, -0.1) is 0 Å². The Bertz CT molecular complexity index is 472. The van der Waals surface area contributed by atoms with E-state index in [2.05, 4.69) is 0 Å². The van der Waals surface area contributed by atoms with Crippen molar-refractivity contribution in [3.8, 4) is 0 Å². The molecule has 0 radical (unpaired) electrons. The second kappa shape index (κ2) is 4.96. The molecular formula is C14H16F3NO. The average Bonchev–Trinajstić information content (AvgIpc) is 2.39. The Balaban J connectivity index is 2.36. The maximum Gasteiger partial charge on any atom is 0.416 e. The number of nitrogens with two attached hydrogens (primary N) is 1. The van der Waals surface area contributed by atoms with Crippen molar-refractivity contribution < 1.29 is 18.0 Å². The van der Waals surface area contributed by atoms with Gasteiger partial charge >= 0.3 is 6.18 Å². The zero-order valence-corrected chi connectivity index (χ0v) is 10.5. The van der Waals surface area contributed by atoms with Crippen LogP contribution in [0.15, 0.2) is 24.3 Å². The lowest BCUT2D eigenvalue weighted by molar-refractivity contribution is -0.137. The van der Waals surface area contributed by atoms with Crippen LogP contribution in [0.5, 0.6) is 0 Å². The third-order valence-corrected chi connectivity index (χ3v) is 3.96. The summed E-state index contributed by atoms with van der Waals surface area (Å²) in [6, 6.07) is 5.31. The summed E-state index contributed by atoms with van der Waals surface area (Å²) in [7, 11) is 0. The molecule has 1 aliphatic rings. The van der Waals surface area contributed by atoms with E-state index in [0.29, 0.717) is 31.2 Å². The highest BCUT2D eigenvalue weighted by molar-refractivity contribution is 5.79. The highest BCUT2D eigenvalue weighted by Gasteiger charge is 2.37. The van der Waals surface area contributed by atoms with Gasteiger partial charge in [0, 0.05) is 24.8 Å². The van der Waals surface area contributed by atoms with Crippen molar-refractivity contribution in [2.24, 2.45) is 5.73 Å². The molecule has 2 N–H and O–H groups in total. The standard InChI is InChI=1S/C14H16F3NO/c15-14(16,17)11-3-1-2-10(8-11)13(9-18)6-4-12(19)5-7-13/h1-3,8H,4-7,9,18H2. The Morgan fingerprint density at radius 3 is 2.37 bits per heavy atom. The van der Waals surface area contributed by atoms with E-state index in [4.69, 9.17) is 5.73 Å². The first-order valence-corrected chi connectivity index (χ1v) is 6.27. The number of rotatable bonds is 2. The fraction of sp³-hybridized carbons (Fsp3) is 0.500. The second-order valence-electron chi connectivity index (χ2n) is 5.10. The van der Waals surface area contributed by atoms with Crippen LogP contribution in [0.3, 0.4) is 0 Å². The molecule has 1 aromatic rings. The molecule has 104 valence electrons. The summed E-state index contributed by atoms with van der Waals surface area (Å²) in [4.78, 5) is 11.3. The highest BCUT2D eigenvalue weighted by Crippen LogP contribution is 2.39. The molecule has 0 aliphatic heterocycles.